The molecule has 2 aromatic rings. The first-order valence-corrected chi connectivity index (χ1v) is 10.7. The molecule has 174 valence electrons. The average molecular weight is 446 g/mol. The average Bonchev–Trinajstić information content (AvgIpc) is 3.25. The van der Waals surface area contributed by atoms with Gasteiger partial charge in [-0.05, 0) is 38.5 Å². The lowest BCUT2D eigenvalue weighted by Gasteiger charge is -2.26. The summed E-state index contributed by atoms with van der Waals surface area (Å²) in [4.78, 5) is 38.2. The molecular weight excluding hydrogens is 416 g/mol. The summed E-state index contributed by atoms with van der Waals surface area (Å²) >= 11 is 0. The van der Waals surface area contributed by atoms with Crippen molar-refractivity contribution in [2.24, 2.45) is 0 Å². The Morgan fingerprint density at radius 2 is 1.47 bits per heavy atom. The van der Waals surface area contributed by atoms with Crippen molar-refractivity contribution in [3.63, 3.8) is 0 Å². The minimum absolute atomic E-state index is 0.0176. The van der Waals surface area contributed by atoms with Crippen LogP contribution >= 0.6 is 0 Å². The number of furan rings is 1. The van der Waals surface area contributed by atoms with Gasteiger partial charge in [-0.1, -0.05) is 30.3 Å². The second-order valence-electron chi connectivity index (χ2n) is 6.88. The third kappa shape index (κ3) is 6.43. The fourth-order valence-electron chi connectivity index (χ4n) is 3.13. The molecule has 0 saturated carbocycles. The molecule has 0 aliphatic carbocycles. The maximum atomic E-state index is 12.9. The molecular formula is C24H30O8. The molecule has 1 aromatic carbocycles. The number of hydrogen-bond donors (Lipinski definition) is 0. The Labute approximate surface area is 187 Å². The van der Waals surface area contributed by atoms with Crippen LogP contribution in [0.4, 0.5) is 0 Å². The molecule has 0 saturated heterocycles. The Morgan fingerprint density at radius 3 is 2.06 bits per heavy atom. The molecule has 0 aliphatic rings. The summed E-state index contributed by atoms with van der Waals surface area (Å²) in [6.45, 7) is 5.80. The highest BCUT2D eigenvalue weighted by Gasteiger charge is 2.55. The normalized spacial score (nSPS) is 11.1. The third-order valence-corrected chi connectivity index (χ3v) is 4.65. The van der Waals surface area contributed by atoms with Gasteiger partial charge in [0.05, 0.1) is 39.5 Å². The largest absolute Gasteiger partial charge is 0.466 e. The zero-order valence-corrected chi connectivity index (χ0v) is 18.8. The van der Waals surface area contributed by atoms with E-state index < -0.39 is 29.7 Å². The van der Waals surface area contributed by atoms with Crippen LogP contribution in [0.15, 0.2) is 46.9 Å². The SMILES string of the molecule is CCOC(=O)CC(C(=O)OCC)(C(=O)OCC)c1ccc(CCOCc2ccccc2)o1. The van der Waals surface area contributed by atoms with Crippen molar-refractivity contribution in [2.45, 2.75) is 45.6 Å². The molecule has 2 rings (SSSR count). The first-order chi connectivity index (χ1) is 15.5. The number of esters is 3. The van der Waals surface area contributed by atoms with E-state index in [1.165, 1.54) is 6.07 Å². The van der Waals surface area contributed by atoms with E-state index in [0.717, 1.165) is 5.56 Å². The van der Waals surface area contributed by atoms with Crippen molar-refractivity contribution in [1.82, 2.24) is 0 Å². The van der Waals surface area contributed by atoms with Gasteiger partial charge in [0.15, 0.2) is 0 Å². The van der Waals surface area contributed by atoms with Crippen molar-refractivity contribution >= 4 is 17.9 Å². The molecule has 1 heterocycles. The number of carbonyl (C=O) groups is 3. The lowest BCUT2D eigenvalue weighted by molar-refractivity contribution is -0.170. The zero-order chi connectivity index (χ0) is 23.4. The van der Waals surface area contributed by atoms with Gasteiger partial charge in [-0.25, -0.2) is 0 Å². The van der Waals surface area contributed by atoms with Gasteiger partial charge in [-0.2, -0.15) is 0 Å². The second-order valence-corrected chi connectivity index (χ2v) is 6.88. The van der Waals surface area contributed by atoms with Gasteiger partial charge in [-0.3, -0.25) is 14.4 Å². The topological polar surface area (TPSA) is 101 Å². The van der Waals surface area contributed by atoms with E-state index in [1.807, 2.05) is 30.3 Å². The number of hydrogen-bond acceptors (Lipinski definition) is 8. The van der Waals surface area contributed by atoms with Crippen molar-refractivity contribution in [3.05, 3.63) is 59.5 Å². The summed E-state index contributed by atoms with van der Waals surface area (Å²) < 4.78 is 26.7. The van der Waals surface area contributed by atoms with Gasteiger partial charge < -0.3 is 23.4 Å². The predicted octanol–water partition coefficient (Wildman–Crippen LogP) is 3.36. The molecule has 1 aromatic heterocycles. The molecule has 0 aliphatic heterocycles. The van der Waals surface area contributed by atoms with E-state index in [4.69, 9.17) is 23.4 Å². The zero-order valence-electron chi connectivity index (χ0n) is 18.8. The van der Waals surface area contributed by atoms with Crippen molar-refractivity contribution in [1.29, 1.82) is 0 Å². The molecule has 0 atom stereocenters. The van der Waals surface area contributed by atoms with E-state index in [9.17, 15) is 14.4 Å². The number of carbonyl (C=O) groups excluding carboxylic acids is 3. The maximum absolute atomic E-state index is 12.9. The monoisotopic (exact) mass is 446 g/mol. The number of ether oxygens (including phenoxy) is 4. The molecule has 8 nitrogen and oxygen atoms in total. The van der Waals surface area contributed by atoms with E-state index in [1.54, 1.807) is 26.8 Å². The summed E-state index contributed by atoms with van der Waals surface area (Å²) in [5.41, 5.74) is -1.03. The molecule has 32 heavy (non-hydrogen) atoms. The molecule has 0 N–H and O–H groups in total. The van der Waals surface area contributed by atoms with E-state index in [-0.39, 0.29) is 25.6 Å². The van der Waals surface area contributed by atoms with E-state index >= 15 is 0 Å². The van der Waals surface area contributed by atoms with Crippen LogP contribution in [-0.4, -0.2) is 44.3 Å². The summed E-state index contributed by atoms with van der Waals surface area (Å²) in [5.74, 6) is -2.12. The summed E-state index contributed by atoms with van der Waals surface area (Å²) in [6.07, 6.45) is -0.177. The second kappa shape index (κ2) is 12.7. The van der Waals surface area contributed by atoms with Crippen LogP contribution in [0.25, 0.3) is 0 Å². The van der Waals surface area contributed by atoms with E-state index in [0.29, 0.717) is 25.4 Å². The Balaban J connectivity index is 2.22. The molecule has 0 spiro atoms. The fourth-order valence-corrected chi connectivity index (χ4v) is 3.13. The lowest BCUT2D eigenvalue weighted by atomic mass is 9.81. The van der Waals surface area contributed by atoms with Gasteiger partial charge in [0.1, 0.15) is 11.5 Å². The molecule has 0 unspecified atom stereocenters. The van der Waals surface area contributed by atoms with Crippen LogP contribution < -0.4 is 0 Å². The van der Waals surface area contributed by atoms with Crippen LogP contribution in [0.1, 0.15) is 44.3 Å². The molecule has 0 radical (unpaired) electrons. The lowest BCUT2D eigenvalue weighted by Crippen LogP contribution is -2.48. The van der Waals surface area contributed by atoms with Crippen LogP contribution in [0, 0.1) is 0 Å². The van der Waals surface area contributed by atoms with Crippen LogP contribution in [-0.2, 0) is 51.8 Å². The maximum Gasteiger partial charge on any atom is 0.332 e. The minimum atomic E-state index is -2.08. The minimum Gasteiger partial charge on any atom is -0.466 e. The van der Waals surface area contributed by atoms with Crippen molar-refractivity contribution in [3.8, 4) is 0 Å². The third-order valence-electron chi connectivity index (χ3n) is 4.65. The van der Waals surface area contributed by atoms with Crippen molar-refractivity contribution in [2.75, 3.05) is 26.4 Å². The molecule has 0 amide bonds. The molecule has 0 fully saturated rings. The quantitative estimate of drug-likeness (QED) is 0.200. The Bertz CT molecular complexity index is 853. The van der Waals surface area contributed by atoms with Crippen LogP contribution in [0.2, 0.25) is 0 Å². The predicted molar refractivity (Wildman–Crippen MR) is 115 cm³/mol. The van der Waals surface area contributed by atoms with Crippen LogP contribution in [0.3, 0.4) is 0 Å². The molecule has 8 heteroatoms. The van der Waals surface area contributed by atoms with Gasteiger partial charge in [0.2, 0.25) is 5.41 Å². The Hall–Kier alpha value is -3.13. The summed E-state index contributed by atoms with van der Waals surface area (Å²) in [5, 5.41) is 0. The first-order valence-electron chi connectivity index (χ1n) is 10.7. The smallest absolute Gasteiger partial charge is 0.332 e. The Kier molecular flexibility index (Phi) is 9.94. The van der Waals surface area contributed by atoms with Gasteiger partial charge >= 0.3 is 17.9 Å². The van der Waals surface area contributed by atoms with Crippen LogP contribution in [0.5, 0.6) is 0 Å². The number of rotatable bonds is 13. The van der Waals surface area contributed by atoms with Gasteiger partial charge in [0.25, 0.3) is 0 Å². The highest BCUT2D eigenvalue weighted by atomic mass is 16.6. The van der Waals surface area contributed by atoms with Gasteiger partial charge in [-0.15, -0.1) is 0 Å². The standard InChI is InChI=1S/C24H30O8/c1-4-29-21(25)16-24(22(26)30-5-2,23(27)31-6-3)20-13-12-19(32-20)14-15-28-17-18-10-8-7-9-11-18/h7-13H,4-6,14-17H2,1-3H3. The highest BCUT2D eigenvalue weighted by Crippen LogP contribution is 2.34. The fraction of sp³-hybridized carbons (Fsp3) is 0.458. The van der Waals surface area contributed by atoms with Crippen molar-refractivity contribution < 1.29 is 37.7 Å². The molecule has 0 bridgehead atoms. The highest BCUT2D eigenvalue weighted by molar-refractivity contribution is 6.08. The summed E-state index contributed by atoms with van der Waals surface area (Å²) in [7, 11) is 0. The van der Waals surface area contributed by atoms with E-state index in [2.05, 4.69) is 0 Å². The van der Waals surface area contributed by atoms with Gasteiger partial charge in [0, 0.05) is 6.42 Å². The first kappa shape index (κ1) is 25.1. The summed E-state index contributed by atoms with van der Waals surface area (Å²) in [6, 6.07) is 12.9. The Morgan fingerprint density at radius 1 is 0.844 bits per heavy atom. The number of benzene rings is 1.